The third-order valence-corrected chi connectivity index (χ3v) is 5.60. The molecule has 0 aliphatic carbocycles. The van der Waals surface area contributed by atoms with E-state index in [-0.39, 0.29) is 0 Å². The molecule has 0 bridgehead atoms. The molecule has 8 heteroatoms. The molecular formula is C22H22N2O5S. The largest absolute Gasteiger partial charge is 0.465 e. The molecule has 0 saturated carbocycles. The predicted octanol–water partition coefficient (Wildman–Crippen LogP) is 3.14. The van der Waals surface area contributed by atoms with Crippen LogP contribution in [-0.4, -0.2) is 53.8 Å². The molecule has 1 aliphatic rings. The van der Waals surface area contributed by atoms with Gasteiger partial charge in [-0.1, -0.05) is 18.2 Å². The smallest absolute Gasteiger partial charge is 0.337 e. The van der Waals surface area contributed by atoms with Gasteiger partial charge in [-0.25, -0.2) is 4.79 Å². The van der Waals surface area contributed by atoms with Gasteiger partial charge in [-0.15, -0.1) is 0 Å². The average molecular weight is 426 g/mol. The maximum Gasteiger partial charge on any atom is 0.337 e. The zero-order chi connectivity index (χ0) is 21.8. The first-order valence-corrected chi connectivity index (χ1v) is 10.7. The minimum atomic E-state index is -0.967. The van der Waals surface area contributed by atoms with Crippen LogP contribution < -0.4 is 5.32 Å². The fourth-order valence-electron chi connectivity index (χ4n) is 3.32. The number of imide groups is 1. The standard InChI is InChI=1S/C22H22N2O5S/c1-13-8-9-14(22(28)29-2)12-17(13)23-19(25)18(10-11-30-3)24-20(26)15-6-4-5-7-16(15)21(24)27/h4-9,12,18H,10-11H2,1-3H3,(H,23,25)/t18-/m1/s1. The molecule has 0 spiro atoms. The number of amides is 3. The van der Waals surface area contributed by atoms with Gasteiger partial charge in [0, 0.05) is 5.69 Å². The Morgan fingerprint density at radius 1 is 1.10 bits per heavy atom. The molecule has 0 aromatic heterocycles. The van der Waals surface area contributed by atoms with Crippen molar-refractivity contribution in [2.24, 2.45) is 0 Å². The molecule has 7 nitrogen and oxygen atoms in total. The SMILES string of the molecule is COC(=O)c1ccc(C)c(NC(=O)[C@@H](CCSC)N2C(=O)c3ccccc3C2=O)c1. The second-order valence-electron chi connectivity index (χ2n) is 6.83. The zero-order valence-corrected chi connectivity index (χ0v) is 17.7. The van der Waals surface area contributed by atoms with Gasteiger partial charge in [-0.3, -0.25) is 19.3 Å². The zero-order valence-electron chi connectivity index (χ0n) is 16.9. The summed E-state index contributed by atoms with van der Waals surface area (Å²) >= 11 is 1.52. The molecule has 1 aliphatic heterocycles. The molecule has 2 aromatic carbocycles. The number of carbonyl (C=O) groups is 4. The van der Waals surface area contributed by atoms with Gasteiger partial charge in [-0.2, -0.15) is 11.8 Å². The predicted molar refractivity (Wildman–Crippen MR) is 115 cm³/mol. The van der Waals surface area contributed by atoms with Crippen molar-refractivity contribution in [1.29, 1.82) is 0 Å². The van der Waals surface area contributed by atoms with Gasteiger partial charge < -0.3 is 10.1 Å². The van der Waals surface area contributed by atoms with Crippen molar-refractivity contribution in [3.05, 3.63) is 64.7 Å². The van der Waals surface area contributed by atoms with Crippen LogP contribution in [0.2, 0.25) is 0 Å². The number of thioether (sulfide) groups is 1. The summed E-state index contributed by atoms with van der Waals surface area (Å²) in [5.41, 5.74) is 2.05. The van der Waals surface area contributed by atoms with E-state index in [0.717, 1.165) is 10.5 Å². The van der Waals surface area contributed by atoms with Crippen LogP contribution in [0.5, 0.6) is 0 Å². The van der Waals surface area contributed by atoms with Crippen LogP contribution in [0.3, 0.4) is 0 Å². The maximum absolute atomic E-state index is 13.2. The summed E-state index contributed by atoms with van der Waals surface area (Å²) in [6.45, 7) is 1.79. The lowest BCUT2D eigenvalue weighted by molar-refractivity contribution is -0.120. The fourth-order valence-corrected chi connectivity index (χ4v) is 3.77. The monoisotopic (exact) mass is 426 g/mol. The molecule has 0 unspecified atom stereocenters. The molecule has 0 fully saturated rings. The number of ether oxygens (including phenoxy) is 1. The van der Waals surface area contributed by atoms with Crippen molar-refractivity contribution in [3.8, 4) is 0 Å². The third-order valence-electron chi connectivity index (χ3n) is 4.95. The quantitative estimate of drug-likeness (QED) is 0.540. The van der Waals surface area contributed by atoms with Gasteiger partial charge in [-0.05, 0) is 55.2 Å². The number of hydrogen-bond acceptors (Lipinski definition) is 6. The Morgan fingerprint density at radius 3 is 2.30 bits per heavy atom. The molecule has 156 valence electrons. The number of nitrogens with zero attached hydrogens (tertiary/aromatic N) is 1. The summed E-state index contributed by atoms with van der Waals surface area (Å²) in [6.07, 6.45) is 2.20. The Labute approximate surface area is 178 Å². The van der Waals surface area contributed by atoms with Crippen molar-refractivity contribution in [2.75, 3.05) is 24.4 Å². The summed E-state index contributed by atoms with van der Waals surface area (Å²) < 4.78 is 4.73. The number of carbonyl (C=O) groups excluding carboxylic acids is 4. The first kappa shape index (κ1) is 21.6. The van der Waals surface area contributed by atoms with Crippen molar-refractivity contribution in [3.63, 3.8) is 0 Å². The van der Waals surface area contributed by atoms with Gasteiger partial charge in [0.15, 0.2) is 0 Å². The van der Waals surface area contributed by atoms with Crippen LogP contribution in [0.25, 0.3) is 0 Å². The van der Waals surface area contributed by atoms with Crippen LogP contribution in [0.15, 0.2) is 42.5 Å². The van der Waals surface area contributed by atoms with Gasteiger partial charge in [0.1, 0.15) is 6.04 Å². The number of fused-ring (bicyclic) bond motifs is 1. The number of benzene rings is 2. The fraction of sp³-hybridized carbons (Fsp3) is 0.273. The number of esters is 1. The Kier molecular flexibility index (Phi) is 6.56. The summed E-state index contributed by atoms with van der Waals surface area (Å²) in [7, 11) is 1.28. The van der Waals surface area contributed by atoms with E-state index in [9.17, 15) is 19.2 Å². The van der Waals surface area contributed by atoms with E-state index in [1.165, 1.54) is 24.9 Å². The Balaban J connectivity index is 1.90. The lowest BCUT2D eigenvalue weighted by Gasteiger charge is -2.25. The molecule has 3 rings (SSSR count). The molecule has 0 radical (unpaired) electrons. The van der Waals surface area contributed by atoms with E-state index < -0.39 is 29.7 Å². The minimum Gasteiger partial charge on any atom is -0.465 e. The minimum absolute atomic E-state index is 0.291. The molecule has 1 N–H and O–H groups in total. The Hall–Kier alpha value is -3.13. The van der Waals surface area contributed by atoms with E-state index >= 15 is 0 Å². The van der Waals surface area contributed by atoms with E-state index in [1.54, 1.807) is 43.3 Å². The summed E-state index contributed by atoms with van der Waals surface area (Å²) in [6, 6.07) is 10.4. The molecular weight excluding hydrogens is 404 g/mol. The highest BCUT2D eigenvalue weighted by Gasteiger charge is 2.42. The molecule has 1 atom stereocenters. The second kappa shape index (κ2) is 9.13. The topological polar surface area (TPSA) is 92.8 Å². The molecule has 0 saturated heterocycles. The van der Waals surface area contributed by atoms with Gasteiger partial charge in [0.25, 0.3) is 11.8 Å². The van der Waals surface area contributed by atoms with E-state index in [0.29, 0.717) is 34.6 Å². The lowest BCUT2D eigenvalue weighted by atomic mass is 10.1. The highest BCUT2D eigenvalue weighted by Crippen LogP contribution is 2.27. The van der Waals surface area contributed by atoms with Crippen molar-refractivity contribution in [1.82, 2.24) is 4.90 Å². The van der Waals surface area contributed by atoms with Crippen LogP contribution in [0.4, 0.5) is 5.69 Å². The summed E-state index contributed by atoms with van der Waals surface area (Å²) in [5.74, 6) is -1.37. The van der Waals surface area contributed by atoms with Gasteiger partial charge >= 0.3 is 5.97 Å². The Morgan fingerprint density at radius 2 is 1.73 bits per heavy atom. The van der Waals surface area contributed by atoms with Crippen LogP contribution in [0.1, 0.15) is 43.1 Å². The maximum atomic E-state index is 13.2. The number of aryl methyl sites for hydroxylation is 1. The number of rotatable bonds is 7. The second-order valence-corrected chi connectivity index (χ2v) is 7.82. The Bertz CT molecular complexity index is 985. The first-order chi connectivity index (χ1) is 14.4. The lowest BCUT2D eigenvalue weighted by Crippen LogP contribution is -2.47. The van der Waals surface area contributed by atoms with Gasteiger partial charge in [0.2, 0.25) is 5.91 Å². The van der Waals surface area contributed by atoms with Gasteiger partial charge in [0.05, 0.1) is 23.8 Å². The average Bonchev–Trinajstić information content (AvgIpc) is 3.00. The molecule has 30 heavy (non-hydrogen) atoms. The summed E-state index contributed by atoms with van der Waals surface area (Å²) in [4.78, 5) is 51.8. The molecule has 1 heterocycles. The third kappa shape index (κ3) is 4.09. The van der Waals surface area contributed by atoms with E-state index in [4.69, 9.17) is 4.74 Å². The van der Waals surface area contributed by atoms with Crippen molar-refractivity contribution >= 4 is 41.1 Å². The highest BCUT2D eigenvalue weighted by molar-refractivity contribution is 7.98. The van der Waals surface area contributed by atoms with Crippen LogP contribution >= 0.6 is 11.8 Å². The number of anilines is 1. The normalized spacial score (nSPS) is 13.8. The number of nitrogens with one attached hydrogen (secondary N) is 1. The van der Waals surface area contributed by atoms with Crippen LogP contribution in [0, 0.1) is 6.92 Å². The van der Waals surface area contributed by atoms with E-state index in [2.05, 4.69) is 5.32 Å². The van der Waals surface area contributed by atoms with E-state index in [1.807, 2.05) is 6.26 Å². The van der Waals surface area contributed by atoms with Crippen LogP contribution in [-0.2, 0) is 9.53 Å². The number of methoxy groups -OCH3 is 1. The molecule has 2 aromatic rings. The van der Waals surface area contributed by atoms with Crippen molar-refractivity contribution in [2.45, 2.75) is 19.4 Å². The first-order valence-electron chi connectivity index (χ1n) is 9.34. The molecule has 3 amide bonds. The highest BCUT2D eigenvalue weighted by atomic mass is 32.2. The van der Waals surface area contributed by atoms with Crippen molar-refractivity contribution < 1.29 is 23.9 Å². The summed E-state index contributed by atoms with van der Waals surface area (Å²) in [5, 5.41) is 2.78. The number of hydrogen-bond donors (Lipinski definition) is 1.